The molecule has 0 aliphatic heterocycles. The minimum absolute atomic E-state index is 0.550. The van der Waals surface area contributed by atoms with Crippen molar-refractivity contribution in [3.05, 3.63) is 52.8 Å². The molecule has 2 aromatic rings. The van der Waals surface area contributed by atoms with Crippen molar-refractivity contribution >= 4 is 28.9 Å². The van der Waals surface area contributed by atoms with E-state index in [2.05, 4.69) is 26.7 Å². The minimum Gasteiger partial charge on any atom is -0.393 e. The zero-order chi connectivity index (χ0) is 17.5. The number of benzene rings is 1. The van der Waals surface area contributed by atoms with E-state index in [0.717, 1.165) is 23.6 Å². The summed E-state index contributed by atoms with van der Waals surface area (Å²) in [5, 5.41) is 7.32. The minimum atomic E-state index is 0.550. The van der Waals surface area contributed by atoms with E-state index < -0.39 is 0 Å². The summed E-state index contributed by atoms with van der Waals surface area (Å²) in [6, 6.07) is 7.69. The molecule has 0 bridgehead atoms. The Balaban J connectivity index is 1.55. The molecule has 1 aromatic heterocycles. The van der Waals surface area contributed by atoms with Crippen molar-refractivity contribution in [1.29, 1.82) is 0 Å². The van der Waals surface area contributed by atoms with Crippen LogP contribution < -0.4 is 16.4 Å². The van der Waals surface area contributed by atoms with Crippen LogP contribution in [0.4, 0.5) is 17.3 Å². The summed E-state index contributed by atoms with van der Waals surface area (Å²) in [4.78, 5) is 8.51. The summed E-state index contributed by atoms with van der Waals surface area (Å²) >= 11 is 5.91. The molecule has 1 heterocycles. The Bertz CT molecular complexity index is 727. The Kier molecular flexibility index (Phi) is 6.12. The van der Waals surface area contributed by atoms with Gasteiger partial charge in [-0.3, -0.25) is 0 Å². The predicted octanol–water partition coefficient (Wildman–Crippen LogP) is 4.63. The van der Waals surface area contributed by atoms with Crippen LogP contribution in [0.1, 0.15) is 37.7 Å². The van der Waals surface area contributed by atoms with Gasteiger partial charge in [-0.25, -0.2) is 9.97 Å². The number of nitrogens with two attached hydrogens (primary N) is 1. The van der Waals surface area contributed by atoms with Gasteiger partial charge in [-0.05, 0) is 49.8 Å². The first kappa shape index (κ1) is 17.5. The summed E-state index contributed by atoms with van der Waals surface area (Å²) in [6.07, 6.45) is 9.99. The molecule has 1 aliphatic rings. The maximum absolute atomic E-state index is 6.21. The van der Waals surface area contributed by atoms with Crippen LogP contribution in [0.25, 0.3) is 0 Å². The van der Waals surface area contributed by atoms with E-state index in [1.807, 2.05) is 24.3 Å². The van der Waals surface area contributed by atoms with E-state index in [1.165, 1.54) is 37.6 Å². The van der Waals surface area contributed by atoms with Crippen molar-refractivity contribution in [2.45, 2.75) is 38.6 Å². The standard InChI is InChI=1S/C19H24ClN5/c20-16-8-6-15(7-9-16)12-23-19-17(21)18(24-13-25-19)22-11-10-14-4-2-1-3-5-14/h4,6-9,13H,1-3,5,10-12,21H2,(H2,22,23,24,25). The highest BCUT2D eigenvalue weighted by molar-refractivity contribution is 6.30. The van der Waals surface area contributed by atoms with Gasteiger partial charge >= 0.3 is 0 Å². The lowest BCUT2D eigenvalue weighted by Gasteiger charge is -2.15. The quantitative estimate of drug-likeness (QED) is 0.630. The van der Waals surface area contributed by atoms with E-state index in [9.17, 15) is 0 Å². The topological polar surface area (TPSA) is 75.9 Å². The smallest absolute Gasteiger partial charge is 0.155 e. The Morgan fingerprint density at radius 3 is 2.52 bits per heavy atom. The number of hydrogen-bond donors (Lipinski definition) is 3. The zero-order valence-corrected chi connectivity index (χ0v) is 15.0. The average Bonchev–Trinajstić information content (AvgIpc) is 2.64. The average molecular weight is 358 g/mol. The van der Waals surface area contributed by atoms with Crippen LogP contribution in [0.5, 0.6) is 0 Å². The molecule has 0 atom stereocenters. The number of allylic oxidation sites excluding steroid dienone is 1. The summed E-state index contributed by atoms with van der Waals surface area (Å²) in [6.45, 7) is 1.47. The Morgan fingerprint density at radius 2 is 1.80 bits per heavy atom. The second kappa shape index (κ2) is 8.72. The molecular weight excluding hydrogens is 334 g/mol. The van der Waals surface area contributed by atoms with Crippen LogP contribution in [0.15, 0.2) is 42.2 Å². The monoisotopic (exact) mass is 357 g/mol. The summed E-state index contributed by atoms with van der Waals surface area (Å²) < 4.78 is 0. The molecule has 0 radical (unpaired) electrons. The molecule has 4 N–H and O–H groups in total. The van der Waals surface area contributed by atoms with Crippen LogP contribution in [0, 0.1) is 0 Å². The molecule has 0 fully saturated rings. The van der Waals surface area contributed by atoms with Gasteiger partial charge in [0, 0.05) is 18.1 Å². The van der Waals surface area contributed by atoms with Crippen LogP contribution in [-0.2, 0) is 6.54 Å². The van der Waals surface area contributed by atoms with Crippen LogP contribution in [-0.4, -0.2) is 16.5 Å². The van der Waals surface area contributed by atoms with Gasteiger partial charge in [-0.15, -0.1) is 0 Å². The fourth-order valence-corrected chi connectivity index (χ4v) is 3.06. The number of rotatable bonds is 7. The van der Waals surface area contributed by atoms with Gasteiger partial charge in [0.25, 0.3) is 0 Å². The molecule has 0 amide bonds. The number of nitrogens with one attached hydrogen (secondary N) is 2. The zero-order valence-electron chi connectivity index (χ0n) is 14.3. The predicted molar refractivity (Wildman–Crippen MR) is 105 cm³/mol. The molecule has 6 heteroatoms. The summed E-state index contributed by atoms with van der Waals surface area (Å²) in [7, 11) is 0. The lowest BCUT2D eigenvalue weighted by Crippen LogP contribution is -2.11. The van der Waals surface area contributed by atoms with Crippen molar-refractivity contribution in [3.63, 3.8) is 0 Å². The van der Waals surface area contributed by atoms with E-state index in [0.29, 0.717) is 23.9 Å². The number of anilines is 3. The van der Waals surface area contributed by atoms with E-state index in [-0.39, 0.29) is 0 Å². The third-order valence-electron chi connectivity index (χ3n) is 4.38. The fourth-order valence-electron chi connectivity index (χ4n) is 2.94. The van der Waals surface area contributed by atoms with Gasteiger partial charge in [0.2, 0.25) is 0 Å². The van der Waals surface area contributed by atoms with Crippen molar-refractivity contribution < 1.29 is 0 Å². The normalized spacial score (nSPS) is 14.0. The van der Waals surface area contributed by atoms with Crippen LogP contribution in [0.3, 0.4) is 0 Å². The second-order valence-electron chi connectivity index (χ2n) is 6.25. The largest absolute Gasteiger partial charge is 0.393 e. The Hall–Kier alpha value is -2.27. The Labute approximate surface area is 153 Å². The molecule has 0 spiro atoms. The summed E-state index contributed by atoms with van der Waals surface area (Å²) in [5.41, 5.74) is 9.40. The van der Waals surface area contributed by atoms with Crippen molar-refractivity contribution in [2.24, 2.45) is 0 Å². The van der Waals surface area contributed by atoms with E-state index >= 15 is 0 Å². The van der Waals surface area contributed by atoms with Gasteiger partial charge in [0.05, 0.1) is 0 Å². The highest BCUT2D eigenvalue weighted by Gasteiger charge is 2.09. The molecule has 0 saturated carbocycles. The van der Waals surface area contributed by atoms with Crippen molar-refractivity contribution in [3.8, 4) is 0 Å². The van der Waals surface area contributed by atoms with Gasteiger partial charge in [-0.2, -0.15) is 0 Å². The van der Waals surface area contributed by atoms with Crippen LogP contribution in [0.2, 0.25) is 5.02 Å². The molecule has 132 valence electrons. The molecule has 25 heavy (non-hydrogen) atoms. The number of halogens is 1. The molecular formula is C19H24ClN5. The molecule has 0 saturated heterocycles. The van der Waals surface area contributed by atoms with E-state index in [4.69, 9.17) is 17.3 Å². The lowest BCUT2D eigenvalue weighted by atomic mass is 9.97. The lowest BCUT2D eigenvalue weighted by molar-refractivity contribution is 0.679. The third kappa shape index (κ3) is 5.10. The van der Waals surface area contributed by atoms with Gasteiger partial charge in [0.15, 0.2) is 11.6 Å². The molecule has 0 unspecified atom stereocenters. The van der Waals surface area contributed by atoms with E-state index in [1.54, 1.807) is 0 Å². The number of hydrogen-bond acceptors (Lipinski definition) is 5. The first-order chi connectivity index (χ1) is 12.2. The van der Waals surface area contributed by atoms with Crippen LogP contribution >= 0.6 is 11.6 Å². The van der Waals surface area contributed by atoms with Gasteiger partial charge < -0.3 is 16.4 Å². The molecule has 5 nitrogen and oxygen atoms in total. The highest BCUT2D eigenvalue weighted by atomic mass is 35.5. The maximum atomic E-state index is 6.21. The number of aromatic nitrogens is 2. The number of nitrogens with zero attached hydrogens (tertiary/aromatic N) is 2. The van der Waals surface area contributed by atoms with Crippen molar-refractivity contribution in [2.75, 3.05) is 22.9 Å². The molecule has 1 aliphatic carbocycles. The fraction of sp³-hybridized carbons (Fsp3) is 0.368. The van der Waals surface area contributed by atoms with Gasteiger partial charge in [0.1, 0.15) is 12.0 Å². The second-order valence-corrected chi connectivity index (χ2v) is 6.69. The summed E-state index contributed by atoms with van der Waals surface area (Å²) in [5.74, 6) is 1.33. The highest BCUT2D eigenvalue weighted by Crippen LogP contribution is 2.24. The Morgan fingerprint density at radius 1 is 1.04 bits per heavy atom. The first-order valence-corrected chi connectivity index (χ1v) is 9.11. The SMILES string of the molecule is Nc1c(NCCC2=CCCCC2)ncnc1NCc1ccc(Cl)cc1. The third-order valence-corrected chi connectivity index (χ3v) is 4.63. The first-order valence-electron chi connectivity index (χ1n) is 8.73. The maximum Gasteiger partial charge on any atom is 0.155 e. The van der Waals surface area contributed by atoms with Gasteiger partial charge in [-0.1, -0.05) is 35.4 Å². The molecule has 3 rings (SSSR count). The number of nitrogen functional groups attached to an aromatic ring is 1. The molecule has 1 aromatic carbocycles. The van der Waals surface area contributed by atoms with Crippen molar-refractivity contribution in [1.82, 2.24) is 9.97 Å².